The largest absolute Gasteiger partial charge is 0.242 e. The number of nitrogens with zero attached hydrogens (tertiary/aromatic N) is 1. The van der Waals surface area contributed by atoms with Gasteiger partial charge in [0, 0.05) is 12.6 Å². The van der Waals surface area contributed by atoms with Crippen molar-refractivity contribution in [1.29, 1.82) is 0 Å². The van der Waals surface area contributed by atoms with Crippen molar-refractivity contribution < 1.29 is 0 Å². The summed E-state index contributed by atoms with van der Waals surface area (Å²) in [5, 5.41) is 2.19. The SMILES string of the molecule is CCCCC1CC(CC)(CC)CN1Sc1cccs1. The topological polar surface area (TPSA) is 3.24 Å². The Balaban J connectivity index is 2.04. The molecule has 0 N–H and O–H groups in total. The van der Waals surface area contributed by atoms with Crippen molar-refractivity contribution in [2.24, 2.45) is 5.41 Å². The Kier molecular flexibility index (Phi) is 5.79. The van der Waals surface area contributed by atoms with E-state index in [9.17, 15) is 0 Å². The predicted molar refractivity (Wildman–Crippen MR) is 87.8 cm³/mol. The first-order valence-corrected chi connectivity index (χ1v) is 9.36. The van der Waals surface area contributed by atoms with E-state index in [1.165, 1.54) is 49.3 Å². The predicted octanol–water partition coefficient (Wildman–Crippen LogP) is 5.83. The Morgan fingerprint density at radius 2 is 2.16 bits per heavy atom. The molecule has 1 aliphatic rings. The van der Waals surface area contributed by atoms with Crippen LogP contribution in [0.15, 0.2) is 21.7 Å². The smallest absolute Gasteiger partial charge is 0.0753 e. The fraction of sp³-hybridized carbons (Fsp3) is 0.750. The maximum Gasteiger partial charge on any atom is 0.0753 e. The van der Waals surface area contributed by atoms with E-state index in [1.54, 1.807) is 0 Å². The summed E-state index contributed by atoms with van der Waals surface area (Å²) >= 11 is 3.87. The van der Waals surface area contributed by atoms with E-state index in [0.717, 1.165) is 6.04 Å². The molecule has 3 heteroatoms. The first-order valence-electron chi connectivity index (χ1n) is 7.71. The second-order valence-corrected chi connectivity index (χ2v) is 8.10. The molecular formula is C16H27NS2. The highest BCUT2D eigenvalue weighted by Crippen LogP contribution is 2.46. The van der Waals surface area contributed by atoms with Crippen molar-refractivity contribution in [1.82, 2.24) is 4.31 Å². The van der Waals surface area contributed by atoms with Crippen LogP contribution in [0.5, 0.6) is 0 Å². The van der Waals surface area contributed by atoms with Crippen LogP contribution in [0.2, 0.25) is 0 Å². The summed E-state index contributed by atoms with van der Waals surface area (Å²) < 4.78 is 4.14. The van der Waals surface area contributed by atoms with Gasteiger partial charge >= 0.3 is 0 Å². The third kappa shape index (κ3) is 3.77. The summed E-state index contributed by atoms with van der Waals surface area (Å²) in [6, 6.07) is 5.20. The molecule has 0 bridgehead atoms. The molecule has 0 aromatic carbocycles. The maximum atomic E-state index is 2.69. The Labute approximate surface area is 126 Å². The van der Waals surface area contributed by atoms with Crippen LogP contribution >= 0.6 is 23.3 Å². The molecule has 2 heterocycles. The molecule has 0 aliphatic carbocycles. The minimum atomic E-state index is 0.572. The molecule has 1 atom stereocenters. The van der Waals surface area contributed by atoms with Crippen molar-refractivity contribution in [3.8, 4) is 0 Å². The number of thiophene rings is 1. The first-order chi connectivity index (χ1) is 9.23. The van der Waals surface area contributed by atoms with Gasteiger partial charge < -0.3 is 0 Å². The third-order valence-corrected chi connectivity index (χ3v) is 6.81. The summed E-state index contributed by atoms with van der Waals surface area (Å²) in [7, 11) is 0. The summed E-state index contributed by atoms with van der Waals surface area (Å²) in [6.07, 6.45) is 8.12. The van der Waals surface area contributed by atoms with E-state index in [4.69, 9.17) is 0 Å². The molecule has 108 valence electrons. The summed E-state index contributed by atoms with van der Waals surface area (Å²) in [6.45, 7) is 8.33. The van der Waals surface area contributed by atoms with E-state index in [-0.39, 0.29) is 0 Å². The van der Waals surface area contributed by atoms with Crippen LogP contribution in [0.25, 0.3) is 0 Å². The Hall–Kier alpha value is 0.01000. The van der Waals surface area contributed by atoms with Crippen molar-refractivity contribution in [3.05, 3.63) is 17.5 Å². The van der Waals surface area contributed by atoms with Crippen LogP contribution in [0.1, 0.15) is 59.3 Å². The average molecular weight is 298 g/mol. The molecular weight excluding hydrogens is 270 g/mol. The van der Waals surface area contributed by atoms with Crippen molar-refractivity contribution in [2.75, 3.05) is 6.54 Å². The van der Waals surface area contributed by atoms with Crippen LogP contribution in [0, 0.1) is 5.41 Å². The van der Waals surface area contributed by atoms with E-state index in [2.05, 4.69) is 42.6 Å². The fourth-order valence-corrected chi connectivity index (χ4v) is 5.22. The zero-order valence-electron chi connectivity index (χ0n) is 12.5. The molecule has 0 amide bonds. The normalized spacial score (nSPS) is 23.0. The van der Waals surface area contributed by atoms with Gasteiger partial charge in [-0.3, -0.25) is 0 Å². The first kappa shape index (κ1) is 15.4. The van der Waals surface area contributed by atoms with Crippen LogP contribution < -0.4 is 0 Å². The van der Waals surface area contributed by atoms with Gasteiger partial charge in [0.2, 0.25) is 0 Å². The zero-order chi connectivity index (χ0) is 13.7. The van der Waals surface area contributed by atoms with Gasteiger partial charge in [-0.2, -0.15) is 0 Å². The molecule has 19 heavy (non-hydrogen) atoms. The Bertz CT molecular complexity index is 357. The Morgan fingerprint density at radius 3 is 2.74 bits per heavy atom. The van der Waals surface area contributed by atoms with Crippen LogP contribution in [0.4, 0.5) is 0 Å². The number of unbranched alkanes of at least 4 members (excludes halogenated alkanes) is 1. The Morgan fingerprint density at radius 1 is 1.37 bits per heavy atom. The minimum Gasteiger partial charge on any atom is -0.242 e. The highest BCUT2D eigenvalue weighted by Gasteiger charge is 2.41. The molecule has 0 saturated carbocycles. The lowest BCUT2D eigenvalue weighted by Gasteiger charge is -2.25. The molecule has 0 radical (unpaired) electrons. The van der Waals surface area contributed by atoms with Crippen LogP contribution in [-0.2, 0) is 0 Å². The summed E-state index contributed by atoms with van der Waals surface area (Å²) in [5.74, 6) is 0. The molecule has 1 aromatic rings. The summed E-state index contributed by atoms with van der Waals surface area (Å²) in [4.78, 5) is 0. The molecule has 1 unspecified atom stereocenters. The van der Waals surface area contributed by atoms with Crippen molar-refractivity contribution >= 4 is 23.3 Å². The van der Waals surface area contributed by atoms with Crippen molar-refractivity contribution in [3.63, 3.8) is 0 Å². The molecule has 1 fully saturated rings. The second kappa shape index (κ2) is 7.14. The van der Waals surface area contributed by atoms with E-state index in [1.807, 2.05) is 23.3 Å². The van der Waals surface area contributed by atoms with Crippen molar-refractivity contribution in [2.45, 2.75) is 69.5 Å². The lowest BCUT2D eigenvalue weighted by molar-refractivity contribution is 0.282. The molecule has 2 rings (SSSR count). The molecule has 1 saturated heterocycles. The lowest BCUT2D eigenvalue weighted by atomic mass is 9.80. The fourth-order valence-electron chi connectivity index (χ4n) is 3.11. The minimum absolute atomic E-state index is 0.572. The van der Waals surface area contributed by atoms with Gasteiger partial charge in [0.25, 0.3) is 0 Å². The van der Waals surface area contributed by atoms with Gasteiger partial charge in [0.1, 0.15) is 0 Å². The van der Waals surface area contributed by atoms with E-state index < -0.39 is 0 Å². The van der Waals surface area contributed by atoms with Gasteiger partial charge in [-0.15, -0.1) is 11.3 Å². The highest BCUT2D eigenvalue weighted by molar-refractivity contribution is 7.98. The van der Waals surface area contributed by atoms with Gasteiger partial charge in [0.15, 0.2) is 0 Å². The number of rotatable bonds is 7. The van der Waals surface area contributed by atoms with E-state index in [0.29, 0.717) is 5.41 Å². The number of hydrogen-bond donors (Lipinski definition) is 0. The van der Waals surface area contributed by atoms with Gasteiger partial charge in [-0.1, -0.05) is 39.7 Å². The van der Waals surface area contributed by atoms with Crippen LogP contribution in [-0.4, -0.2) is 16.9 Å². The third-order valence-electron chi connectivity index (χ3n) is 4.66. The van der Waals surface area contributed by atoms with Crippen LogP contribution in [0.3, 0.4) is 0 Å². The average Bonchev–Trinajstić information content (AvgIpc) is 3.05. The maximum absolute atomic E-state index is 2.69. The monoisotopic (exact) mass is 297 g/mol. The lowest BCUT2D eigenvalue weighted by Crippen LogP contribution is -2.24. The van der Waals surface area contributed by atoms with Gasteiger partial charge in [0.05, 0.1) is 4.21 Å². The van der Waals surface area contributed by atoms with Gasteiger partial charge in [-0.05, 0) is 54.5 Å². The highest BCUT2D eigenvalue weighted by atomic mass is 32.2. The zero-order valence-corrected chi connectivity index (χ0v) is 14.2. The molecule has 1 nitrogen and oxygen atoms in total. The van der Waals surface area contributed by atoms with Gasteiger partial charge in [-0.25, -0.2) is 4.31 Å². The molecule has 0 spiro atoms. The standard InChI is InChI=1S/C16H27NS2/c1-4-7-9-14-12-16(5-2,6-3)13-17(14)19-15-10-8-11-18-15/h8,10-11,14H,4-7,9,12-13H2,1-3H3. The van der Waals surface area contributed by atoms with E-state index >= 15 is 0 Å². The second-order valence-electron chi connectivity index (χ2n) is 5.81. The quantitative estimate of drug-likeness (QED) is 0.583. The molecule has 1 aliphatic heterocycles. The summed E-state index contributed by atoms with van der Waals surface area (Å²) in [5.41, 5.74) is 0.572. The molecule has 1 aromatic heterocycles. The number of hydrogen-bond acceptors (Lipinski definition) is 3.